The molecule has 0 fully saturated rings. The normalized spacial score (nSPS) is 11.9. The van der Waals surface area contributed by atoms with E-state index in [1.165, 1.54) is 7.11 Å². The van der Waals surface area contributed by atoms with Crippen molar-refractivity contribution in [2.75, 3.05) is 20.3 Å². The summed E-state index contributed by atoms with van der Waals surface area (Å²) in [6.07, 6.45) is 0.505. The molecule has 0 spiro atoms. The maximum absolute atomic E-state index is 11.1. The van der Waals surface area contributed by atoms with Gasteiger partial charge in [0.2, 0.25) is 5.91 Å². The lowest BCUT2D eigenvalue weighted by Crippen LogP contribution is -2.42. The lowest BCUT2D eigenvalue weighted by Gasteiger charge is -2.13. The van der Waals surface area contributed by atoms with Crippen LogP contribution in [0.2, 0.25) is 0 Å². The minimum absolute atomic E-state index is 0.0238. The van der Waals surface area contributed by atoms with Gasteiger partial charge in [0, 0.05) is 6.61 Å². The van der Waals surface area contributed by atoms with Crippen LogP contribution in [-0.2, 0) is 19.1 Å². The van der Waals surface area contributed by atoms with E-state index in [1.807, 2.05) is 0 Å². The minimum Gasteiger partial charge on any atom is -0.467 e. The Labute approximate surface area is 83.8 Å². The van der Waals surface area contributed by atoms with Gasteiger partial charge in [-0.15, -0.1) is 0 Å². The van der Waals surface area contributed by atoms with Crippen molar-refractivity contribution < 1.29 is 19.1 Å². The summed E-state index contributed by atoms with van der Waals surface area (Å²) in [6, 6.07) is -0.576. The maximum atomic E-state index is 11.1. The standard InChI is InChI=1S/C9H17NO4/c1-4-7(9(12)13-3)10-8(11)6-14-5-2/h7H,4-6H2,1-3H3,(H,10,11)/t7-/m1/s1. The predicted octanol–water partition coefficient (Wildman–Crippen LogP) is 0.0907. The van der Waals surface area contributed by atoms with Crippen molar-refractivity contribution in [3.05, 3.63) is 0 Å². The van der Waals surface area contributed by atoms with Gasteiger partial charge in [-0.25, -0.2) is 4.79 Å². The monoisotopic (exact) mass is 203 g/mol. The topological polar surface area (TPSA) is 64.6 Å². The van der Waals surface area contributed by atoms with Gasteiger partial charge in [-0.2, -0.15) is 0 Å². The van der Waals surface area contributed by atoms with Crippen molar-refractivity contribution in [1.82, 2.24) is 5.32 Å². The third-order valence-electron chi connectivity index (χ3n) is 1.67. The number of esters is 1. The van der Waals surface area contributed by atoms with E-state index in [9.17, 15) is 9.59 Å². The second-order valence-electron chi connectivity index (χ2n) is 2.69. The largest absolute Gasteiger partial charge is 0.467 e. The molecule has 0 unspecified atom stereocenters. The summed E-state index contributed by atoms with van der Waals surface area (Å²) in [5, 5.41) is 2.51. The number of carbonyl (C=O) groups is 2. The van der Waals surface area contributed by atoms with Crippen LogP contribution in [0.4, 0.5) is 0 Å². The summed E-state index contributed by atoms with van der Waals surface area (Å²) in [7, 11) is 1.29. The van der Waals surface area contributed by atoms with Crippen LogP contribution in [0.5, 0.6) is 0 Å². The lowest BCUT2D eigenvalue weighted by molar-refractivity contribution is -0.145. The van der Waals surface area contributed by atoms with Crippen molar-refractivity contribution in [3.63, 3.8) is 0 Å². The SMILES string of the molecule is CCOCC(=O)N[C@H](CC)C(=O)OC. The molecule has 1 atom stereocenters. The van der Waals surface area contributed by atoms with Crippen molar-refractivity contribution >= 4 is 11.9 Å². The van der Waals surface area contributed by atoms with Gasteiger partial charge in [0.25, 0.3) is 0 Å². The molecule has 82 valence electrons. The average Bonchev–Trinajstić information content (AvgIpc) is 2.21. The van der Waals surface area contributed by atoms with Crippen LogP contribution in [0, 0.1) is 0 Å². The van der Waals surface area contributed by atoms with Crippen LogP contribution < -0.4 is 5.32 Å². The van der Waals surface area contributed by atoms with Crippen molar-refractivity contribution in [2.24, 2.45) is 0 Å². The summed E-state index contributed by atoms with van der Waals surface area (Å²) in [5.41, 5.74) is 0. The Morgan fingerprint density at radius 1 is 1.36 bits per heavy atom. The molecule has 0 aromatic carbocycles. The Kier molecular flexibility index (Phi) is 6.74. The van der Waals surface area contributed by atoms with E-state index in [0.29, 0.717) is 13.0 Å². The number of rotatable bonds is 6. The summed E-state index contributed by atoms with van der Waals surface area (Å²) >= 11 is 0. The molecule has 0 heterocycles. The van der Waals surface area contributed by atoms with E-state index in [4.69, 9.17) is 4.74 Å². The van der Waals surface area contributed by atoms with E-state index in [0.717, 1.165) is 0 Å². The molecule has 1 N–H and O–H groups in total. The highest BCUT2D eigenvalue weighted by molar-refractivity contribution is 5.84. The first kappa shape index (κ1) is 12.9. The zero-order valence-corrected chi connectivity index (χ0v) is 8.83. The highest BCUT2D eigenvalue weighted by Gasteiger charge is 2.18. The van der Waals surface area contributed by atoms with Gasteiger partial charge in [0.05, 0.1) is 7.11 Å². The average molecular weight is 203 g/mol. The number of nitrogens with one attached hydrogen (secondary N) is 1. The van der Waals surface area contributed by atoms with E-state index < -0.39 is 12.0 Å². The fraction of sp³-hybridized carbons (Fsp3) is 0.778. The zero-order chi connectivity index (χ0) is 11.0. The molecule has 0 saturated carbocycles. The van der Waals surface area contributed by atoms with Crippen LogP contribution in [-0.4, -0.2) is 38.2 Å². The number of amides is 1. The lowest BCUT2D eigenvalue weighted by atomic mass is 10.2. The number of ether oxygens (including phenoxy) is 2. The van der Waals surface area contributed by atoms with Crippen molar-refractivity contribution in [3.8, 4) is 0 Å². The molecule has 0 radical (unpaired) electrons. The van der Waals surface area contributed by atoms with E-state index in [1.54, 1.807) is 13.8 Å². The van der Waals surface area contributed by atoms with Gasteiger partial charge < -0.3 is 14.8 Å². The summed E-state index contributed by atoms with van der Waals surface area (Å²) in [4.78, 5) is 22.2. The molecule has 0 saturated heterocycles. The van der Waals surface area contributed by atoms with Crippen molar-refractivity contribution in [2.45, 2.75) is 26.3 Å². The van der Waals surface area contributed by atoms with Crippen LogP contribution in [0.3, 0.4) is 0 Å². The quantitative estimate of drug-likeness (QED) is 0.621. The molecule has 0 aliphatic heterocycles. The van der Waals surface area contributed by atoms with Gasteiger partial charge in [-0.1, -0.05) is 6.92 Å². The van der Waals surface area contributed by atoms with Gasteiger partial charge in [-0.05, 0) is 13.3 Å². The van der Waals surface area contributed by atoms with E-state index in [-0.39, 0.29) is 12.5 Å². The molecule has 0 aliphatic carbocycles. The zero-order valence-electron chi connectivity index (χ0n) is 8.83. The molecule has 0 aromatic heterocycles. The Bertz CT molecular complexity index is 193. The van der Waals surface area contributed by atoms with E-state index >= 15 is 0 Å². The number of carbonyl (C=O) groups excluding carboxylic acids is 2. The Morgan fingerprint density at radius 2 is 2.00 bits per heavy atom. The molecule has 0 rings (SSSR count). The highest BCUT2D eigenvalue weighted by Crippen LogP contribution is 1.93. The molecule has 5 nitrogen and oxygen atoms in total. The summed E-state index contributed by atoms with van der Waals surface area (Å²) < 4.78 is 9.40. The highest BCUT2D eigenvalue weighted by atomic mass is 16.5. The van der Waals surface area contributed by atoms with Crippen LogP contribution in [0.25, 0.3) is 0 Å². The van der Waals surface area contributed by atoms with Crippen LogP contribution >= 0.6 is 0 Å². The predicted molar refractivity (Wildman–Crippen MR) is 50.7 cm³/mol. The van der Waals surface area contributed by atoms with E-state index in [2.05, 4.69) is 10.1 Å². The maximum Gasteiger partial charge on any atom is 0.328 e. The first-order valence-electron chi connectivity index (χ1n) is 4.60. The van der Waals surface area contributed by atoms with Gasteiger partial charge in [0.15, 0.2) is 0 Å². The third kappa shape index (κ3) is 4.81. The number of hydrogen-bond acceptors (Lipinski definition) is 4. The molecule has 14 heavy (non-hydrogen) atoms. The molecule has 0 bridgehead atoms. The summed E-state index contributed by atoms with van der Waals surface area (Å²) in [5.74, 6) is -0.735. The number of methoxy groups -OCH3 is 1. The smallest absolute Gasteiger partial charge is 0.328 e. The fourth-order valence-electron chi connectivity index (χ4n) is 0.901. The molecule has 5 heteroatoms. The van der Waals surface area contributed by atoms with Gasteiger partial charge >= 0.3 is 5.97 Å². The Balaban J connectivity index is 3.92. The van der Waals surface area contributed by atoms with Gasteiger partial charge in [0.1, 0.15) is 12.6 Å². The van der Waals surface area contributed by atoms with Gasteiger partial charge in [-0.3, -0.25) is 4.79 Å². The number of hydrogen-bond donors (Lipinski definition) is 1. The second-order valence-corrected chi connectivity index (χ2v) is 2.69. The Hall–Kier alpha value is -1.10. The molecule has 0 aliphatic rings. The summed E-state index contributed by atoms with van der Waals surface area (Å²) in [6.45, 7) is 4.04. The second kappa shape index (κ2) is 7.32. The molecular formula is C9H17NO4. The first-order chi connectivity index (χ1) is 6.65. The third-order valence-corrected chi connectivity index (χ3v) is 1.67. The Morgan fingerprint density at radius 3 is 2.43 bits per heavy atom. The first-order valence-corrected chi connectivity index (χ1v) is 4.60. The van der Waals surface area contributed by atoms with Crippen LogP contribution in [0.15, 0.2) is 0 Å². The van der Waals surface area contributed by atoms with Crippen LogP contribution in [0.1, 0.15) is 20.3 Å². The molecule has 1 amide bonds. The minimum atomic E-state index is -0.576. The molecular weight excluding hydrogens is 186 g/mol. The van der Waals surface area contributed by atoms with Crippen molar-refractivity contribution in [1.29, 1.82) is 0 Å². The fourth-order valence-corrected chi connectivity index (χ4v) is 0.901. The molecule has 0 aromatic rings.